The number of carbonyl (C=O) groups excluding carboxylic acids is 1. The summed E-state index contributed by atoms with van der Waals surface area (Å²) in [4.78, 5) is 11.4. The molecular weight excluding hydrogens is 340 g/mol. The Morgan fingerprint density at radius 1 is 1.00 bits per heavy atom. The summed E-state index contributed by atoms with van der Waals surface area (Å²) in [5.41, 5.74) is 0. The maximum Gasteiger partial charge on any atom is 0.508 e. The van der Waals surface area contributed by atoms with Gasteiger partial charge in [0.1, 0.15) is 12.2 Å². The molecule has 0 amide bonds. The number of rotatable bonds is 8. The van der Waals surface area contributed by atoms with E-state index in [1.54, 1.807) is 0 Å². The van der Waals surface area contributed by atoms with E-state index in [0.29, 0.717) is 10.7 Å². The maximum absolute atomic E-state index is 11.4. The highest BCUT2D eigenvalue weighted by Gasteiger charge is 2.17. The lowest BCUT2D eigenvalue weighted by molar-refractivity contribution is 0.00642. The second-order valence-electron chi connectivity index (χ2n) is 3.62. The molecule has 3 nitrogen and oxygen atoms in total. The Morgan fingerprint density at radius 3 is 1.62 bits per heavy atom. The van der Waals surface area contributed by atoms with Gasteiger partial charge in [0.2, 0.25) is 0 Å². The van der Waals surface area contributed by atoms with Gasteiger partial charge in [-0.05, 0) is 12.8 Å². The van der Waals surface area contributed by atoms with Crippen molar-refractivity contribution < 1.29 is 14.3 Å². The summed E-state index contributed by atoms with van der Waals surface area (Å²) in [6.45, 7) is 4.12. The van der Waals surface area contributed by atoms with Crippen molar-refractivity contribution in [3.05, 3.63) is 0 Å². The van der Waals surface area contributed by atoms with Gasteiger partial charge in [0.15, 0.2) is 0 Å². The standard InChI is InChI=1S/C11H20Br2O3/c1-3-5-9(7-12)15-11(14)16-10(8-13)6-4-2/h9-10H,3-8H2,1-2H3. The highest BCUT2D eigenvalue weighted by atomic mass is 79.9. The van der Waals surface area contributed by atoms with Gasteiger partial charge >= 0.3 is 6.16 Å². The monoisotopic (exact) mass is 358 g/mol. The molecule has 0 saturated carbocycles. The van der Waals surface area contributed by atoms with E-state index in [9.17, 15) is 4.79 Å². The second-order valence-corrected chi connectivity index (χ2v) is 4.91. The minimum absolute atomic E-state index is 0.0879. The first kappa shape index (κ1) is 16.2. The molecule has 0 fully saturated rings. The van der Waals surface area contributed by atoms with Crippen molar-refractivity contribution in [3.8, 4) is 0 Å². The van der Waals surface area contributed by atoms with Crippen molar-refractivity contribution in [1.82, 2.24) is 0 Å². The number of carbonyl (C=O) groups is 1. The van der Waals surface area contributed by atoms with Gasteiger partial charge in [-0.3, -0.25) is 0 Å². The van der Waals surface area contributed by atoms with Gasteiger partial charge in [-0.2, -0.15) is 0 Å². The molecule has 16 heavy (non-hydrogen) atoms. The average Bonchev–Trinajstić information content (AvgIpc) is 2.27. The number of hydrogen-bond acceptors (Lipinski definition) is 3. The number of alkyl halides is 2. The van der Waals surface area contributed by atoms with E-state index in [1.807, 2.05) is 0 Å². The molecule has 0 aromatic rings. The van der Waals surface area contributed by atoms with E-state index in [0.717, 1.165) is 25.7 Å². The molecule has 2 atom stereocenters. The number of ether oxygens (including phenoxy) is 2. The van der Waals surface area contributed by atoms with Crippen LogP contribution in [0.1, 0.15) is 39.5 Å². The lowest BCUT2D eigenvalue weighted by atomic mass is 10.2. The SMILES string of the molecule is CCCC(CBr)OC(=O)OC(CBr)CCC. The third-order valence-corrected chi connectivity index (χ3v) is 3.54. The third-order valence-electron chi connectivity index (χ3n) is 2.09. The topological polar surface area (TPSA) is 35.5 Å². The first-order valence-corrected chi connectivity index (χ1v) is 7.91. The van der Waals surface area contributed by atoms with E-state index >= 15 is 0 Å². The predicted molar refractivity (Wildman–Crippen MR) is 72.5 cm³/mol. The van der Waals surface area contributed by atoms with Crippen LogP contribution in [0.3, 0.4) is 0 Å². The molecule has 0 aliphatic rings. The zero-order valence-electron chi connectivity index (χ0n) is 9.88. The highest BCUT2D eigenvalue weighted by Crippen LogP contribution is 2.11. The molecule has 0 saturated heterocycles. The molecule has 0 bridgehead atoms. The fourth-order valence-electron chi connectivity index (χ4n) is 1.28. The lowest BCUT2D eigenvalue weighted by Gasteiger charge is -2.18. The Kier molecular flexibility index (Phi) is 10.5. The summed E-state index contributed by atoms with van der Waals surface area (Å²) in [5.74, 6) is 0. The van der Waals surface area contributed by atoms with E-state index in [-0.39, 0.29) is 12.2 Å². The van der Waals surface area contributed by atoms with Crippen molar-refractivity contribution in [2.24, 2.45) is 0 Å². The highest BCUT2D eigenvalue weighted by molar-refractivity contribution is 9.09. The van der Waals surface area contributed by atoms with Gasteiger partial charge in [-0.25, -0.2) is 4.79 Å². The smallest absolute Gasteiger partial charge is 0.430 e. The molecule has 0 rings (SSSR count). The second kappa shape index (κ2) is 10.4. The first-order valence-electron chi connectivity index (χ1n) is 5.67. The van der Waals surface area contributed by atoms with Crippen LogP contribution in [-0.4, -0.2) is 29.0 Å². The molecule has 5 heteroatoms. The van der Waals surface area contributed by atoms with Crippen molar-refractivity contribution in [2.75, 3.05) is 10.7 Å². The van der Waals surface area contributed by atoms with Crippen molar-refractivity contribution in [3.63, 3.8) is 0 Å². The van der Waals surface area contributed by atoms with Gasteiger partial charge in [0, 0.05) is 10.7 Å². The molecule has 2 unspecified atom stereocenters. The van der Waals surface area contributed by atoms with Gasteiger partial charge in [-0.1, -0.05) is 58.5 Å². The summed E-state index contributed by atoms with van der Waals surface area (Å²) in [6.07, 6.45) is 2.95. The van der Waals surface area contributed by atoms with Crippen LogP contribution < -0.4 is 0 Å². The quantitative estimate of drug-likeness (QED) is 0.479. The Bertz CT molecular complexity index is 170. The van der Waals surface area contributed by atoms with Crippen LogP contribution in [-0.2, 0) is 9.47 Å². The summed E-state index contributed by atoms with van der Waals surface area (Å²) in [5, 5.41) is 1.31. The van der Waals surface area contributed by atoms with Crippen molar-refractivity contribution in [1.29, 1.82) is 0 Å². The summed E-state index contributed by atoms with van der Waals surface area (Å²) in [7, 11) is 0. The maximum atomic E-state index is 11.4. The van der Waals surface area contributed by atoms with Crippen LogP contribution in [0.5, 0.6) is 0 Å². The van der Waals surface area contributed by atoms with E-state index in [2.05, 4.69) is 45.7 Å². The van der Waals surface area contributed by atoms with Crippen LogP contribution in [0.4, 0.5) is 4.79 Å². The van der Waals surface area contributed by atoms with Crippen LogP contribution in [0.2, 0.25) is 0 Å². The van der Waals surface area contributed by atoms with Crippen molar-refractivity contribution >= 4 is 38.0 Å². The number of hydrogen-bond donors (Lipinski definition) is 0. The van der Waals surface area contributed by atoms with Crippen LogP contribution in [0.15, 0.2) is 0 Å². The molecule has 0 aliphatic heterocycles. The molecule has 0 radical (unpaired) electrons. The Hall–Kier alpha value is 0.230. The summed E-state index contributed by atoms with van der Waals surface area (Å²) >= 11 is 6.63. The zero-order valence-corrected chi connectivity index (χ0v) is 13.1. The van der Waals surface area contributed by atoms with Crippen molar-refractivity contribution in [2.45, 2.75) is 51.7 Å². The molecule has 0 spiro atoms. The zero-order chi connectivity index (χ0) is 12.4. The van der Waals surface area contributed by atoms with E-state index in [1.165, 1.54) is 0 Å². The van der Waals surface area contributed by atoms with Crippen LogP contribution in [0.25, 0.3) is 0 Å². The Morgan fingerprint density at radius 2 is 1.38 bits per heavy atom. The predicted octanol–water partition coefficient (Wildman–Crippen LogP) is 4.27. The molecule has 0 aliphatic carbocycles. The summed E-state index contributed by atoms with van der Waals surface area (Å²) < 4.78 is 10.4. The molecule has 0 N–H and O–H groups in total. The van der Waals surface area contributed by atoms with E-state index < -0.39 is 6.16 Å². The van der Waals surface area contributed by atoms with Gasteiger partial charge in [-0.15, -0.1) is 0 Å². The van der Waals surface area contributed by atoms with Gasteiger partial charge < -0.3 is 9.47 Å². The molecule has 0 heterocycles. The third kappa shape index (κ3) is 7.49. The molecule has 96 valence electrons. The fourth-order valence-corrected chi connectivity index (χ4v) is 2.19. The average molecular weight is 360 g/mol. The van der Waals surface area contributed by atoms with Crippen LogP contribution in [0, 0.1) is 0 Å². The summed E-state index contributed by atoms with van der Waals surface area (Å²) in [6, 6.07) is 0. The molecule has 0 aromatic carbocycles. The van der Waals surface area contributed by atoms with E-state index in [4.69, 9.17) is 9.47 Å². The lowest BCUT2D eigenvalue weighted by Crippen LogP contribution is -2.25. The molecule has 0 aromatic heterocycles. The van der Waals surface area contributed by atoms with Gasteiger partial charge in [0.05, 0.1) is 0 Å². The Balaban J connectivity index is 3.93. The Labute approximate surface area is 115 Å². The normalized spacial score (nSPS) is 14.2. The fraction of sp³-hybridized carbons (Fsp3) is 0.909. The molecular formula is C11H20Br2O3. The minimum Gasteiger partial charge on any atom is -0.430 e. The first-order chi connectivity index (χ1) is 7.67. The van der Waals surface area contributed by atoms with Crippen LogP contribution >= 0.6 is 31.9 Å². The minimum atomic E-state index is -0.559. The van der Waals surface area contributed by atoms with Gasteiger partial charge in [0.25, 0.3) is 0 Å². The largest absolute Gasteiger partial charge is 0.508 e. The number of halogens is 2.